The molecule has 1 saturated carbocycles. The highest BCUT2D eigenvalue weighted by molar-refractivity contribution is 5.83. The van der Waals surface area contributed by atoms with Crippen LogP contribution < -0.4 is 5.32 Å². The van der Waals surface area contributed by atoms with Crippen molar-refractivity contribution in [1.29, 1.82) is 0 Å². The smallest absolute Gasteiger partial charge is 0.407 e. The molecule has 0 radical (unpaired) electrons. The summed E-state index contributed by atoms with van der Waals surface area (Å²) in [5.74, 6) is -3.16. The molecule has 1 aromatic carbocycles. The van der Waals surface area contributed by atoms with E-state index in [0.717, 1.165) is 12.1 Å². The number of alkyl carbamates (subject to hydrolysis) is 1. The van der Waals surface area contributed by atoms with E-state index in [1.807, 2.05) is 0 Å². The molecule has 1 fully saturated rings. The Kier molecular flexibility index (Phi) is 3.61. The Morgan fingerprint density at radius 1 is 1.35 bits per heavy atom. The zero-order chi connectivity index (χ0) is 14.9. The van der Waals surface area contributed by atoms with E-state index >= 15 is 0 Å². The topological polar surface area (TPSA) is 75.6 Å². The first-order chi connectivity index (χ1) is 9.40. The van der Waals surface area contributed by atoms with Crippen LogP contribution in [0.3, 0.4) is 0 Å². The summed E-state index contributed by atoms with van der Waals surface area (Å²) in [4.78, 5) is 22.5. The van der Waals surface area contributed by atoms with Gasteiger partial charge in [0.2, 0.25) is 0 Å². The minimum atomic E-state index is -1.69. The van der Waals surface area contributed by atoms with Crippen LogP contribution in [0, 0.1) is 11.6 Å². The van der Waals surface area contributed by atoms with Gasteiger partial charge < -0.3 is 15.2 Å². The minimum Gasteiger partial charge on any atom is -0.481 e. The van der Waals surface area contributed by atoms with Crippen LogP contribution >= 0.6 is 0 Å². The van der Waals surface area contributed by atoms with Gasteiger partial charge in [0.1, 0.15) is 23.2 Å². The largest absolute Gasteiger partial charge is 0.481 e. The van der Waals surface area contributed by atoms with Crippen molar-refractivity contribution in [2.45, 2.75) is 24.4 Å². The lowest BCUT2D eigenvalue weighted by atomic mass is 9.62. The number of benzene rings is 1. The Labute approximate surface area is 113 Å². The standard InChI is InChI=1S/C13H13F2NO4/c1-16-12(19)20-7-5-13(6-7,11(17)18)10-8(14)3-2-4-9(10)15/h2-4,7H,5-6H2,1H3,(H,16,19)(H,17,18). The molecule has 2 N–H and O–H groups in total. The van der Waals surface area contributed by atoms with E-state index in [1.54, 1.807) is 0 Å². The lowest BCUT2D eigenvalue weighted by Crippen LogP contribution is -2.53. The molecule has 1 amide bonds. The molecule has 0 unspecified atom stereocenters. The maximum Gasteiger partial charge on any atom is 0.407 e. The molecular formula is C13H13F2NO4. The van der Waals surface area contributed by atoms with Gasteiger partial charge in [0.05, 0.1) is 0 Å². The van der Waals surface area contributed by atoms with Crippen molar-refractivity contribution in [3.05, 3.63) is 35.4 Å². The van der Waals surface area contributed by atoms with Crippen LogP contribution in [0.2, 0.25) is 0 Å². The number of carboxylic acid groups (broad SMARTS) is 1. The Hall–Kier alpha value is -2.18. The number of halogens is 2. The van der Waals surface area contributed by atoms with E-state index in [4.69, 9.17) is 4.74 Å². The molecule has 1 aromatic rings. The van der Waals surface area contributed by atoms with Crippen molar-refractivity contribution in [3.8, 4) is 0 Å². The fourth-order valence-corrected chi connectivity index (χ4v) is 2.45. The predicted molar refractivity (Wildman–Crippen MR) is 64.2 cm³/mol. The van der Waals surface area contributed by atoms with Gasteiger partial charge in [-0.25, -0.2) is 13.6 Å². The number of carboxylic acids is 1. The fourth-order valence-electron chi connectivity index (χ4n) is 2.45. The van der Waals surface area contributed by atoms with E-state index in [0.29, 0.717) is 0 Å². The number of ether oxygens (including phenoxy) is 1. The quantitative estimate of drug-likeness (QED) is 0.888. The van der Waals surface area contributed by atoms with Gasteiger partial charge in [0, 0.05) is 25.5 Å². The molecule has 2 rings (SSSR count). The Morgan fingerprint density at radius 2 is 1.90 bits per heavy atom. The lowest BCUT2D eigenvalue weighted by Gasteiger charge is -2.43. The van der Waals surface area contributed by atoms with Crippen LogP contribution in [0.5, 0.6) is 0 Å². The average molecular weight is 285 g/mol. The molecule has 0 aliphatic heterocycles. The van der Waals surface area contributed by atoms with Gasteiger partial charge >= 0.3 is 12.1 Å². The molecule has 1 aliphatic carbocycles. The normalized spacial score (nSPS) is 24.6. The zero-order valence-corrected chi connectivity index (χ0v) is 10.7. The van der Waals surface area contributed by atoms with Crippen LogP contribution in [-0.4, -0.2) is 30.3 Å². The maximum absolute atomic E-state index is 13.8. The molecule has 0 bridgehead atoms. The molecule has 0 heterocycles. The number of rotatable bonds is 3. The molecule has 108 valence electrons. The lowest BCUT2D eigenvalue weighted by molar-refractivity contribution is -0.153. The summed E-state index contributed by atoms with van der Waals surface area (Å²) in [5.41, 5.74) is -2.17. The highest BCUT2D eigenvalue weighted by Crippen LogP contribution is 2.47. The Balaban J connectivity index is 2.27. The number of hydrogen-bond donors (Lipinski definition) is 2. The first-order valence-corrected chi connectivity index (χ1v) is 5.97. The highest BCUT2D eigenvalue weighted by atomic mass is 19.1. The molecule has 7 heteroatoms. The molecule has 1 aliphatic rings. The average Bonchev–Trinajstić information content (AvgIpc) is 2.34. The number of carbonyl (C=O) groups excluding carboxylic acids is 1. The van der Waals surface area contributed by atoms with E-state index in [2.05, 4.69) is 5.32 Å². The minimum absolute atomic E-state index is 0.159. The molecule has 0 spiro atoms. The van der Waals surface area contributed by atoms with Crippen molar-refractivity contribution < 1.29 is 28.2 Å². The monoisotopic (exact) mass is 285 g/mol. The SMILES string of the molecule is CNC(=O)OC1CC(C(=O)O)(c2c(F)cccc2F)C1. The van der Waals surface area contributed by atoms with E-state index in [9.17, 15) is 23.5 Å². The summed E-state index contributed by atoms with van der Waals surface area (Å²) in [6.07, 6.45) is -1.70. The number of carbonyl (C=O) groups is 2. The molecular weight excluding hydrogens is 272 g/mol. The van der Waals surface area contributed by atoms with Gasteiger partial charge in [0.15, 0.2) is 0 Å². The summed E-state index contributed by atoms with van der Waals surface area (Å²) < 4.78 is 32.4. The van der Waals surface area contributed by atoms with Gasteiger partial charge in [-0.05, 0) is 12.1 Å². The summed E-state index contributed by atoms with van der Waals surface area (Å²) in [6.45, 7) is 0. The number of aliphatic carboxylic acids is 1. The van der Waals surface area contributed by atoms with Crippen molar-refractivity contribution >= 4 is 12.1 Å². The van der Waals surface area contributed by atoms with Crippen LogP contribution in [0.4, 0.5) is 13.6 Å². The third-order valence-electron chi connectivity index (χ3n) is 3.48. The number of amides is 1. The van der Waals surface area contributed by atoms with Crippen molar-refractivity contribution in [2.75, 3.05) is 7.05 Å². The summed E-state index contributed by atoms with van der Waals surface area (Å²) >= 11 is 0. The highest BCUT2D eigenvalue weighted by Gasteiger charge is 2.56. The summed E-state index contributed by atoms with van der Waals surface area (Å²) in [7, 11) is 1.36. The number of nitrogens with one attached hydrogen (secondary N) is 1. The fraction of sp³-hybridized carbons (Fsp3) is 0.385. The zero-order valence-electron chi connectivity index (χ0n) is 10.7. The Bertz CT molecular complexity index is 535. The van der Waals surface area contributed by atoms with Gasteiger partial charge in [-0.15, -0.1) is 0 Å². The van der Waals surface area contributed by atoms with Crippen molar-refractivity contribution in [3.63, 3.8) is 0 Å². The third-order valence-corrected chi connectivity index (χ3v) is 3.48. The first kappa shape index (κ1) is 14.2. The Morgan fingerprint density at radius 3 is 2.35 bits per heavy atom. The summed E-state index contributed by atoms with van der Waals surface area (Å²) in [5, 5.41) is 11.5. The van der Waals surface area contributed by atoms with Crippen molar-refractivity contribution in [2.24, 2.45) is 0 Å². The second-order valence-corrected chi connectivity index (χ2v) is 4.67. The number of hydrogen-bond acceptors (Lipinski definition) is 3. The van der Waals surface area contributed by atoms with Gasteiger partial charge in [-0.3, -0.25) is 4.79 Å². The van der Waals surface area contributed by atoms with Crippen LogP contribution in [0.25, 0.3) is 0 Å². The van der Waals surface area contributed by atoms with Crippen molar-refractivity contribution in [1.82, 2.24) is 5.32 Å². The van der Waals surface area contributed by atoms with E-state index < -0.39 is 40.8 Å². The molecule has 0 saturated heterocycles. The molecule has 5 nitrogen and oxygen atoms in total. The maximum atomic E-state index is 13.8. The van der Waals surface area contributed by atoms with E-state index in [1.165, 1.54) is 13.1 Å². The molecule has 0 aromatic heterocycles. The van der Waals surface area contributed by atoms with Crippen LogP contribution in [-0.2, 0) is 14.9 Å². The van der Waals surface area contributed by atoms with Crippen LogP contribution in [0.15, 0.2) is 18.2 Å². The second kappa shape index (κ2) is 5.07. The third kappa shape index (κ3) is 2.19. The molecule has 20 heavy (non-hydrogen) atoms. The van der Waals surface area contributed by atoms with Crippen LogP contribution in [0.1, 0.15) is 18.4 Å². The second-order valence-electron chi connectivity index (χ2n) is 4.67. The molecule has 0 atom stereocenters. The van der Waals surface area contributed by atoms with Gasteiger partial charge in [-0.2, -0.15) is 0 Å². The van der Waals surface area contributed by atoms with Gasteiger partial charge in [0.25, 0.3) is 0 Å². The van der Waals surface area contributed by atoms with Gasteiger partial charge in [-0.1, -0.05) is 6.07 Å². The summed E-state index contributed by atoms with van der Waals surface area (Å²) in [6, 6.07) is 3.19. The first-order valence-electron chi connectivity index (χ1n) is 5.97. The predicted octanol–water partition coefficient (Wildman–Crippen LogP) is 1.81. The van der Waals surface area contributed by atoms with E-state index in [-0.39, 0.29) is 12.8 Å².